The van der Waals surface area contributed by atoms with Gasteiger partial charge in [0.25, 0.3) is 0 Å². The molecule has 2 atom stereocenters. The van der Waals surface area contributed by atoms with E-state index in [9.17, 15) is 0 Å². The Kier molecular flexibility index (Phi) is 9.86. The zero-order valence-corrected chi connectivity index (χ0v) is 42.1. The lowest BCUT2D eigenvalue weighted by molar-refractivity contribution is -0.661. The molecule has 2 unspecified atom stereocenters. The van der Waals surface area contributed by atoms with Gasteiger partial charge in [-0.15, -0.1) is 0 Å². The van der Waals surface area contributed by atoms with Crippen molar-refractivity contribution in [1.29, 1.82) is 0 Å². The molecule has 0 N–H and O–H groups in total. The molecule has 8 aromatic rings. The zero-order valence-electron chi connectivity index (χ0n) is 69.1. The summed E-state index contributed by atoms with van der Waals surface area (Å²) in [7, 11) is 7.15. The van der Waals surface area contributed by atoms with Crippen LogP contribution in [-0.2, 0) is 40.9 Å². The highest BCUT2D eigenvalue weighted by Crippen LogP contribution is 2.27. The summed E-state index contributed by atoms with van der Waals surface area (Å²) in [6, 6.07) is 33.5. The third-order valence-corrected chi connectivity index (χ3v) is 11.8. The third kappa shape index (κ3) is 14.3. The molecule has 0 fully saturated rings. The number of nitrogens with zero attached hydrogens (tertiary/aromatic N) is 4. The maximum atomic E-state index is 8.20. The van der Waals surface area contributed by atoms with Crippen LogP contribution in [0, 0.1) is 55.1 Å². The molecule has 8 rings (SSSR count). The molecule has 4 heterocycles. The standard InChI is InChI=1S/2C17H22N.2C16H20N/c1-12(2)15-7-8-16(14(4)10-15)17-9-6-13(3)11-18(17)5;1-12(2)15-7-9-17(18(5)11-15)16-8-6-13(3)10-14(16)4;1-5-14-7-8-15(13(3)10-14)16-9-6-12(2)11-17(16)4;1-5-14-7-9-16(17(4)11-14)15-8-6-12(2)10-13(15)3/h2*6-12H,1-5H3;2*6-11H,5H2,1-4H3/q4*+1/i2*1D3,3D3,12D;1D3,2D3,5D2;2D3,5D2. The summed E-state index contributed by atoms with van der Waals surface area (Å²) >= 11 is 0. The Bertz CT molecular complexity index is 3740. The van der Waals surface area contributed by atoms with Gasteiger partial charge in [0.05, 0.1) is 0 Å². The second-order valence-corrected chi connectivity index (χ2v) is 17.4. The van der Waals surface area contributed by atoms with E-state index in [2.05, 4.69) is 0 Å². The van der Waals surface area contributed by atoms with Crippen LogP contribution in [0.1, 0.15) is 157 Å². The molecule has 0 aliphatic carbocycles. The van der Waals surface area contributed by atoms with Crippen molar-refractivity contribution in [3.05, 3.63) is 213 Å². The fourth-order valence-electron chi connectivity index (χ4n) is 8.03. The van der Waals surface area contributed by atoms with Gasteiger partial charge in [-0.2, -0.15) is 0 Å². The van der Waals surface area contributed by atoms with Crippen LogP contribution in [0.15, 0.2) is 146 Å². The number of pyridine rings is 4. The van der Waals surface area contributed by atoms with E-state index in [0.717, 1.165) is 61.7 Å². The first-order valence-electron chi connectivity index (χ1n) is 36.2. The number of aryl methyl sites for hydroxylation is 14. The van der Waals surface area contributed by atoms with Gasteiger partial charge in [0, 0.05) is 106 Å². The van der Waals surface area contributed by atoms with Gasteiger partial charge < -0.3 is 0 Å². The molecular formula is C66H84N4+4. The van der Waals surface area contributed by atoms with Crippen molar-refractivity contribution in [3.63, 3.8) is 0 Å². The second kappa shape index (κ2) is 24.9. The van der Waals surface area contributed by atoms with Gasteiger partial charge in [0.1, 0.15) is 28.2 Å². The largest absolute Gasteiger partial charge is 0.212 e. The maximum Gasteiger partial charge on any atom is 0.212 e. The van der Waals surface area contributed by atoms with E-state index in [0.29, 0.717) is 27.8 Å². The maximum absolute atomic E-state index is 8.20. The molecule has 4 nitrogen and oxygen atoms in total. The van der Waals surface area contributed by atoms with Crippen LogP contribution in [0.5, 0.6) is 0 Å². The number of hydrogen-bond donors (Lipinski definition) is 0. The van der Waals surface area contributed by atoms with E-state index in [1.165, 1.54) is 45.2 Å². The molecule has 0 radical (unpaired) electrons. The van der Waals surface area contributed by atoms with Crippen LogP contribution in [0.25, 0.3) is 45.0 Å². The van der Waals surface area contributed by atoms with Crippen molar-refractivity contribution >= 4 is 0 Å². The molecule has 4 aromatic heterocycles. The topological polar surface area (TPSA) is 15.5 Å². The van der Waals surface area contributed by atoms with Gasteiger partial charge in [-0.1, -0.05) is 101 Å². The first-order chi connectivity index (χ1) is 43.7. The van der Waals surface area contributed by atoms with E-state index in [1.807, 2.05) is 44.5 Å². The third-order valence-electron chi connectivity index (χ3n) is 11.8. The van der Waals surface area contributed by atoms with Gasteiger partial charge in [-0.05, 0) is 162 Å². The molecule has 0 bridgehead atoms. The van der Waals surface area contributed by atoms with Crippen molar-refractivity contribution in [2.24, 2.45) is 28.2 Å². The Morgan fingerprint density at radius 1 is 0.414 bits per heavy atom. The van der Waals surface area contributed by atoms with Crippen molar-refractivity contribution in [3.8, 4) is 45.0 Å². The highest BCUT2D eigenvalue weighted by Gasteiger charge is 2.17. The molecule has 0 saturated carbocycles. The fraction of sp³-hybridized carbons (Fsp3) is 0.333. The predicted octanol–water partition coefficient (Wildman–Crippen LogP) is 14.6. The highest BCUT2D eigenvalue weighted by atomic mass is 14.9. The van der Waals surface area contributed by atoms with Crippen molar-refractivity contribution in [2.75, 3.05) is 0 Å². The Labute approximate surface area is 462 Å². The SMILES string of the molecule is [2H]C([2H])([2H])c1ccc(-c2ccc(C([2H])(C)C([2H])([2H])[2H])c[n+]2C)c(C)c1.[2H]C([2H])([2H])c1ccc(-c2ccc(C([2H])(C)C([2H])([2H])[2H])cc2C)[n+](C)c1.[2H]C([2H])([2H])c1ccc(-c2ccc(C([2H])([2H])C([2H])([2H])[2H])cc2C)[n+](C)c1.[2H]C([2H])([2H])c1ccc(-c2ccc(C([2H])([2H])C)c[n+]2C)c(C)c1. The minimum atomic E-state index is -2.76. The molecule has 0 aliphatic rings. The predicted molar refractivity (Wildman–Crippen MR) is 297 cm³/mol. The lowest BCUT2D eigenvalue weighted by Crippen LogP contribution is -2.31. The quantitative estimate of drug-likeness (QED) is 0.135. The monoisotopic (exact) mass is 960 g/mol. The Hall–Kier alpha value is -6.52. The molecule has 4 aromatic carbocycles. The van der Waals surface area contributed by atoms with Crippen molar-refractivity contribution in [2.45, 2.75) is 121 Å². The summed E-state index contributed by atoms with van der Waals surface area (Å²) in [5, 5.41) is 0. The van der Waals surface area contributed by atoms with Gasteiger partial charge in [0.2, 0.25) is 22.8 Å². The normalized spacial score (nSPS) is 19.8. The Morgan fingerprint density at radius 3 is 1.21 bits per heavy atom. The first kappa shape index (κ1) is 27.8. The molecule has 0 saturated heterocycles. The van der Waals surface area contributed by atoms with Crippen LogP contribution in [-0.4, -0.2) is 0 Å². The fourth-order valence-corrected chi connectivity index (χ4v) is 8.03. The number of rotatable bonds is 8. The van der Waals surface area contributed by atoms with Gasteiger partial charge in [-0.25, -0.2) is 18.3 Å². The van der Waals surface area contributed by atoms with Crippen LogP contribution < -0.4 is 18.3 Å². The second-order valence-electron chi connectivity index (χ2n) is 17.4. The summed E-state index contributed by atoms with van der Waals surface area (Å²) in [5.74, 6) is -3.40. The van der Waals surface area contributed by atoms with Crippen molar-refractivity contribution < 1.29 is 55.3 Å². The lowest BCUT2D eigenvalue weighted by atomic mass is 9.96. The summed E-state index contributed by atoms with van der Waals surface area (Å²) in [4.78, 5) is 0. The van der Waals surface area contributed by atoms with E-state index in [1.54, 1.807) is 151 Å². The Balaban J connectivity index is 0.000000234. The van der Waals surface area contributed by atoms with Gasteiger partial charge in [-0.3, -0.25) is 0 Å². The average molecular weight is 961 g/mol. The van der Waals surface area contributed by atoms with E-state index in [-0.39, 0.29) is 22.3 Å². The van der Waals surface area contributed by atoms with Crippen LogP contribution >= 0.6 is 0 Å². The smallest absolute Gasteiger partial charge is 0.201 e. The van der Waals surface area contributed by atoms with E-state index in [4.69, 9.17) is 37.0 Å². The highest BCUT2D eigenvalue weighted by molar-refractivity contribution is 5.64. The number of aromatic nitrogens is 4. The molecule has 70 heavy (non-hydrogen) atoms. The Morgan fingerprint density at radius 2 is 0.800 bits per heavy atom. The molecule has 364 valence electrons. The molecule has 0 amide bonds. The van der Waals surface area contributed by atoms with Crippen LogP contribution in [0.2, 0.25) is 0 Å². The summed E-state index contributed by atoms with van der Waals surface area (Å²) < 4.78 is 212. The van der Waals surface area contributed by atoms with Gasteiger partial charge in [0.15, 0.2) is 24.8 Å². The number of hydrogen-bond acceptors (Lipinski definition) is 0. The summed E-state index contributed by atoms with van der Waals surface area (Å²) in [6.45, 7) is -4.57. The van der Waals surface area contributed by atoms with E-state index >= 15 is 0 Å². The minimum Gasteiger partial charge on any atom is -0.201 e. The average Bonchev–Trinajstić information content (AvgIpc) is 0.790. The lowest BCUT2D eigenvalue weighted by Gasteiger charge is -2.10. The van der Waals surface area contributed by atoms with Crippen LogP contribution in [0.3, 0.4) is 0 Å². The molecular weight excluding hydrogens is 849 g/mol. The summed E-state index contributed by atoms with van der Waals surface area (Å²) in [5.41, 5.74) is 12.6. The van der Waals surface area contributed by atoms with E-state index < -0.39 is 72.5 Å². The number of benzene rings is 4. The first-order valence-corrected chi connectivity index (χ1v) is 22.7. The van der Waals surface area contributed by atoms with Crippen molar-refractivity contribution in [1.82, 2.24) is 0 Å². The molecule has 0 aliphatic heterocycles. The molecule has 0 spiro atoms. The minimum absolute atomic E-state index is 0.0931. The van der Waals surface area contributed by atoms with Crippen LogP contribution in [0.4, 0.5) is 0 Å². The van der Waals surface area contributed by atoms with Gasteiger partial charge >= 0.3 is 0 Å². The molecule has 4 heteroatoms. The zero-order chi connectivity index (χ0) is 74.3. The summed E-state index contributed by atoms with van der Waals surface area (Å²) in [6.07, 6.45) is 2.70.